The van der Waals surface area contributed by atoms with Crippen LogP contribution in [-0.2, 0) is 6.54 Å². The molecule has 21 heavy (non-hydrogen) atoms. The van der Waals surface area contributed by atoms with E-state index in [1.165, 1.54) is 12.1 Å². The van der Waals surface area contributed by atoms with Gasteiger partial charge in [0.2, 0.25) is 0 Å². The number of halogens is 1. The zero-order valence-electron chi connectivity index (χ0n) is 12.1. The first kappa shape index (κ1) is 13.6. The summed E-state index contributed by atoms with van der Waals surface area (Å²) < 4.78 is 14.7. The maximum Gasteiger partial charge on any atom is 0.191 e. The quantitative estimate of drug-likeness (QED) is 0.904. The number of benzene rings is 1. The molecule has 1 aliphatic heterocycles. The number of aromatic nitrogens is 2. The number of nitrogens with zero attached hydrogens (tertiary/aromatic N) is 3. The Balaban J connectivity index is 1.71. The van der Waals surface area contributed by atoms with Gasteiger partial charge >= 0.3 is 0 Å². The highest BCUT2D eigenvalue weighted by Crippen LogP contribution is 2.12. The van der Waals surface area contributed by atoms with E-state index in [4.69, 9.17) is 0 Å². The second kappa shape index (κ2) is 5.55. The lowest BCUT2D eigenvalue weighted by Crippen LogP contribution is -2.37. The van der Waals surface area contributed by atoms with Gasteiger partial charge in [0.05, 0.1) is 17.9 Å². The SMILES string of the molecule is Cc1nn(-c2ccc(F)cc2)cc1CNC1=NCC(C)N1. The molecule has 2 aromatic rings. The van der Waals surface area contributed by atoms with Crippen molar-refractivity contribution in [1.82, 2.24) is 20.4 Å². The van der Waals surface area contributed by atoms with Crippen LogP contribution >= 0.6 is 0 Å². The number of aliphatic imine (C=N–C) groups is 1. The lowest BCUT2D eigenvalue weighted by molar-refractivity contribution is 0.627. The maximum absolute atomic E-state index is 13.0. The van der Waals surface area contributed by atoms with Crippen molar-refractivity contribution in [3.8, 4) is 5.69 Å². The Morgan fingerprint density at radius 2 is 2.14 bits per heavy atom. The third-order valence-corrected chi connectivity index (χ3v) is 3.44. The molecule has 1 atom stereocenters. The van der Waals surface area contributed by atoms with Gasteiger partial charge in [0, 0.05) is 24.3 Å². The average Bonchev–Trinajstić information content (AvgIpc) is 3.04. The van der Waals surface area contributed by atoms with Crippen molar-refractivity contribution >= 4 is 5.96 Å². The molecule has 2 heterocycles. The van der Waals surface area contributed by atoms with E-state index in [2.05, 4.69) is 27.6 Å². The number of aryl methyl sites for hydroxylation is 1. The van der Waals surface area contributed by atoms with Crippen molar-refractivity contribution in [2.45, 2.75) is 26.4 Å². The topological polar surface area (TPSA) is 54.2 Å². The Bertz CT molecular complexity index is 659. The number of guanidine groups is 1. The summed E-state index contributed by atoms with van der Waals surface area (Å²) in [6.07, 6.45) is 1.95. The van der Waals surface area contributed by atoms with Crippen molar-refractivity contribution in [2.75, 3.05) is 6.54 Å². The Hall–Kier alpha value is -2.37. The molecule has 6 heteroatoms. The van der Waals surface area contributed by atoms with E-state index in [9.17, 15) is 4.39 Å². The van der Waals surface area contributed by atoms with Crippen LogP contribution in [0.25, 0.3) is 5.69 Å². The molecule has 0 amide bonds. The van der Waals surface area contributed by atoms with Crippen molar-refractivity contribution < 1.29 is 4.39 Å². The van der Waals surface area contributed by atoms with Gasteiger partial charge in [0.25, 0.3) is 0 Å². The molecule has 3 rings (SSSR count). The molecule has 0 fully saturated rings. The standard InChI is InChI=1S/C15H18FN5/c1-10-7-17-15(19-10)18-8-12-9-21(20-11(12)2)14-5-3-13(16)4-6-14/h3-6,9-10H,7-8H2,1-2H3,(H2,17,18,19). The summed E-state index contributed by atoms with van der Waals surface area (Å²) in [6, 6.07) is 6.67. The molecule has 0 saturated carbocycles. The smallest absolute Gasteiger partial charge is 0.191 e. The molecular weight excluding hydrogens is 269 g/mol. The molecule has 0 radical (unpaired) electrons. The molecular formula is C15H18FN5. The molecule has 0 aliphatic carbocycles. The van der Waals surface area contributed by atoms with Gasteiger partial charge in [0.15, 0.2) is 5.96 Å². The second-order valence-corrected chi connectivity index (χ2v) is 5.25. The van der Waals surface area contributed by atoms with Crippen molar-refractivity contribution in [1.29, 1.82) is 0 Å². The van der Waals surface area contributed by atoms with Crippen LogP contribution in [0.1, 0.15) is 18.2 Å². The van der Waals surface area contributed by atoms with Crippen LogP contribution < -0.4 is 10.6 Å². The minimum Gasteiger partial charge on any atom is -0.352 e. The normalized spacial score (nSPS) is 17.5. The van der Waals surface area contributed by atoms with Crippen LogP contribution in [0.4, 0.5) is 4.39 Å². The first-order valence-electron chi connectivity index (χ1n) is 6.98. The Labute approximate surface area is 122 Å². The summed E-state index contributed by atoms with van der Waals surface area (Å²) in [5, 5.41) is 11.0. The fraction of sp³-hybridized carbons (Fsp3) is 0.333. The molecule has 5 nitrogen and oxygen atoms in total. The second-order valence-electron chi connectivity index (χ2n) is 5.25. The van der Waals surface area contributed by atoms with Crippen LogP contribution in [0.3, 0.4) is 0 Å². The maximum atomic E-state index is 13.0. The summed E-state index contributed by atoms with van der Waals surface area (Å²) in [4.78, 5) is 4.36. The third-order valence-electron chi connectivity index (χ3n) is 3.44. The van der Waals surface area contributed by atoms with Gasteiger partial charge < -0.3 is 10.6 Å². The molecule has 110 valence electrons. The van der Waals surface area contributed by atoms with Gasteiger partial charge in [-0.3, -0.25) is 4.99 Å². The van der Waals surface area contributed by atoms with Gasteiger partial charge in [-0.05, 0) is 38.1 Å². The lowest BCUT2D eigenvalue weighted by Gasteiger charge is -2.07. The van der Waals surface area contributed by atoms with Gasteiger partial charge in [-0.15, -0.1) is 0 Å². The monoisotopic (exact) mass is 287 g/mol. The van der Waals surface area contributed by atoms with Crippen LogP contribution in [0.5, 0.6) is 0 Å². The minimum absolute atomic E-state index is 0.246. The summed E-state index contributed by atoms with van der Waals surface area (Å²) in [5.74, 6) is 0.584. The van der Waals surface area contributed by atoms with Crippen LogP contribution in [-0.4, -0.2) is 28.3 Å². The largest absolute Gasteiger partial charge is 0.352 e. The predicted molar refractivity (Wildman–Crippen MR) is 80.0 cm³/mol. The van der Waals surface area contributed by atoms with E-state index < -0.39 is 0 Å². The van der Waals surface area contributed by atoms with Gasteiger partial charge in [-0.2, -0.15) is 5.10 Å². The number of hydrogen-bond donors (Lipinski definition) is 2. The highest BCUT2D eigenvalue weighted by atomic mass is 19.1. The average molecular weight is 287 g/mol. The molecule has 0 bridgehead atoms. The van der Waals surface area contributed by atoms with E-state index in [0.29, 0.717) is 12.6 Å². The number of rotatable bonds is 3. The summed E-state index contributed by atoms with van der Waals surface area (Å²) in [7, 11) is 0. The molecule has 1 aromatic carbocycles. The summed E-state index contributed by atoms with van der Waals surface area (Å²) in [6.45, 7) is 5.52. The first-order chi connectivity index (χ1) is 10.1. The Morgan fingerprint density at radius 1 is 1.38 bits per heavy atom. The molecule has 2 N–H and O–H groups in total. The predicted octanol–water partition coefficient (Wildman–Crippen LogP) is 1.76. The fourth-order valence-corrected chi connectivity index (χ4v) is 2.23. The molecule has 0 saturated heterocycles. The van der Waals surface area contributed by atoms with Gasteiger partial charge in [-0.1, -0.05) is 0 Å². The van der Waals surface area contributed by atoms with Crippen LogP contribution in [0.15, 0.2) is 35.5 Å². The molecule has 0 spiro atoms. The first-order valence-corrected chi connectivity index (χ1v) is 6.98. The van der Waals surface area contributed by atoms with E-state index in [-0.39, 0.29) is 5.82 Å². The van der Waals surface area contributed by atoms with Crippen molar-refractivity contribution in [3.63, 3.8) is 0 Å². The van der Waals surface area contributed by atoms with E-state index in [0.717, 1.165) is 29.4 Å². The Morgan fingerprint density at radius 3 is 2.81 bits per heavy atom. The van der Waals surface area contributed by atoms with Gasteiger partial charge in [-0.25, -0.2) is 9.07 Å². The van der Waals surface area contributed by atoms with Gasteiger partial charge in [0.1, 0.15) is 5.82 Å². The van der Waals surface area contributed by atoms with Crippen LogP contribution in [0.2, 0.25) is 0 Å². The molecule has 1 aliphatic rings. The zero-order valence-corrected chi connectivity index (χ0v) is 12.1. The van der Waals surface area contributed by atoms with Crippen molar-refractivity contribution in [2.24, 2.45) is 4.99 Å². The van der Waals surface area contributed by atoms with E-state index in [1.807, 2.05) is 13.1 Å². The summed E-state index contributed by atoms with van der Waals surface area (Å²) >= 11 is 0. The molecule has 1 aromatic heterocycles. The van der Waals surface area contributed by atoms with Crippen LogP contribution in [0, 0.1) is 12.7 Å². The number of nitrogens with one attached hydrogen (secondary N) is 2. The fourth-order valence-electron chi connectivity index (χ4n) is 2.23. The van der Waals surface area contributed by atoms with E-state index in [1.54, 1.807) is 16.8 Å². The Kier molecular flexibility index (Phi) is 3.60. The third kappa shape index (κ3) is 3.04. The van der Waals surface area contributed by atoms with E-state index >= 15 is 0 Å². The molecule has 1 unspecified atom stereocenters. The van der Waals surface area contributed by atoms with Crippen molar-refractivity contribution in [3.05, 3.63) is 47.5 Å². The lowest BCUT2D eigenvalue weighted by atomic mass is 10.2. The zero-order chi connectivity index (χ0) is 14.8. The highest BCUT2D eigenvalue weighted by Gasteiger charge is 2.13. The highest BCUT2D eigenvalue weighted by molar-refractivity contribution is 5.81. The number of hydrogen-bond acceptors (Lipinski definition) is 4. The summed E-state index contributed by atoms with van der Waals surface area (Å²) in [5.41, 5.74) is 2.87. The minimum atomic E-state index is -0.246.